The molecule has 1 aromatic heterocycles. The van der Waals surface area contributed by atoms with Crippen molar-refractivity contribution in [1.29, 1.82) is 0 Å². The number of amides is 1. The van der Waals surface area contributed by atoms with Gasteiger partial charge in [0.25, 0.3) is 5.91 Å². The topological polar surface area (TPSA) is 45.2 Å². The Balaban J connectivity index is 1.83. The molecule has 17 heavy (non-hydrogen) atoms. The van der Waals surface area contributed by atoms with Gasteiger partial charge in [0, 0.05) is 25.7 Å². The van der Waals surface area contributed by atoms with Gasteiger partial charge in [-0.3, -0.25) is 4.79 Å². The average molecular weight is 251 g/mol. The number of rotatable bonds is 1. The molecule has 1 aromatic rings. The lowest BCUT2D eigenvalue weighted by Gasteiger charge is -2.36. The van der Waals surface area contributed by atoms with Crippen molar-refractivity contribution in [2.75, 3.05) is 19.6 Å². The zero-order chi connectivity index (χ0) is 11.8. The normalized spacial score (nSPS) is 28.2. The van der Waals surface area contributed by atoms with E-state index in [9.17, 15) is 4.79 Å². The minimum atomic E-state index is 0.184. The summed E-state index contributed by atoms with van der Waals surface area (Å²) in [5, 5.41) is 3.40. The highest BCUT2D eigenvalue weighted by Gasteiger charge is 2.38. The van der Waals surface area contributed by atoms with Crippen LogP contribution in [0.25, 0.3) is 0 Å². The number of nitrogens with one attached hydrogen (secondary N) is 1. The average Bonchev–Trinajstić information content (AvgIpc) is 2.95. The van der Waals surface area contributed by atoms with E-state index >= 15 is 0 Å². The molecule has 3 rings (SSSR count). The fourth-order valence-electron chi connectivity index (χ4n) is 2.96. The van der Waals surface area contributed by atoms with Gasteiger partial charge in [-0.15, -0.1) is 11.3 Å². The third-order valence-corrected chi connectivity index (χ3v) is 4.80. The van der Waals surface area contributed by atoms with Crippen LogP contribution in [-0.2, 0) is 0 Å². The minimum Gasteiger partial charge on any atom is -0.333 e. The van der Waals surface area contributed by atoms with Crippen molar-refractivity contribution in [3.05, 3.63) is 16.1 Å². The molecule has 3 heterocycles. The van der Waals surface area contributed by atoms with Gasteiger partial charge in [0.05, 0.1) is 11.2 Å². The summed E-state index contributed by atoms with van der Waals surface area (Å²) in [7, 11) is 0. The molecule has 92 valence electrons. The molecule has 1 amide bonds. The molecular formula is C12H17N3OS. The number of fused-ring (bicyclic) bond motifs is 1. The van der Waals surface area contributed by atoms with Crippen molar-refractivity contribution < 1.29 is 4.79 Å². The van der Waals surface area contributed by atoms with E-state index < -0.39 is 0 Å². The molecule has 2 fully saturated rings. The SMILES string of the molecule is Cc1ncsc1C(=O)N1CCCC2CNCC21. The Morgan fingerprint density at radius 1 is 1.59 bits per heavy atom. The molecule has 2 unspecified atom stereocenters. The Morgan fingerprint density at radius 3 is 3.24 bits per heavy atom. The predicted octanol–water partition coefficient (Wildman–Crippen LogP) is 1.28. The Morgan fingerprint density at radius 2 is 2.47 bits per heavy atom. The summed E-state index contributed by atoms with van der Waals surface area (Å²) in [5.74, 6) is 0.837. The van der Waals surface area contributed by atoms with E-state index in [4.69, 9.17) is 0 Å². The number of hydrogen-bond donors (Lipinski definition) is 1. The summed E-state index contributed by atoms with van der Waals surface area (Å²) >= 11 is 1.46. The molecule has 1 N–H and O–H groups in total. The van der Waals surface area contributed by atoms with E-state index in [0.29, 0.717) is 12.0 Å². The van der Waals surface area contributed by atoms with Crippen molar-refractivity contribution in [1.82, 2.24) is 15.2 Å². The lowest BCUT2D eigenvalue weighted by molar-refractivity contribution is 0.0579. The molecule has 2 aliphatic rings. The summed E-state index contributed by atoms with van der Waals surface area (Å²) in [6.45, 7) is 4.83. The third kappa shape index (κ3) is 1.87. The maximum absolute atomic E-state index is 12.5. The van der Waals surface area contributed by atoms with E-state index in [0.717, 1.165) is 36.6 Å². The van der Waals surface area contributed by atoms with Crippen molar-refractivity contribution in [2.24, 2.45) is 5.92 Å². The molecule has 2 atom stereocenters. The van der Waals surface area contributed by atoms with Gasteiger partial charge in [0.2, 0.25) is 0 Å². The number of carbonyl (C=O) groups excluding carboxylic acids is 1. The summed E-state index contributed by atoms with van der Waals surface area (Å²) in [5.41, 5.74) is 2.63. The molecule has 2 saturated heterocycles. The lowest BCUT2D eigenvalue weighted by Crippen LogP contribution is -2.48. The molecule has 0 bridgehead atoms. The molecule has 0 aliphatic carbocycles. The Kier molecular flexibility index (Phi) is 2.88. The van der Waals surface area contributed by atoms with Gasteiger partial charge < -0.3 is 10.2 Å². The second kappa shape index (κ2) is 4.38. The number of likely N-dealkylation sites (tertiary alicyclic amines) is 1. The fourth-order valence-corrected chi connectivity index (χ4v) is 3.72. The molecule has 0 radical (unpaired) electrons. The van der Waals surface area contributed by atoms with E-state index in [2.05, 4.69) is 15.2 Å². The Labute approximate surface area is 105 Å². The van der Waals surface area contributed by atoms with Crippen molar-refractivity contribution >= 4 is 17.2 Å². The lowest BCUT2D eigenvalue weighted by atomic mass is 9.92. The van der Waals surface area contributed by atoms with Crippen LogP contribution in [0.15, 0.2) is 5.51 Å². The van der Waals surface area contributed by atoms with Crippen LogP contribution in [0.5, 0.6) is 0 Å². The smallest absolute Gasteiger partial charge is 0.266 e. The van der Waals surface area contributed by atoms with Gasteiger partial charge in [0.1, 0.15) is 4.88 Å². The number of aromatic nitrogens is 1. The van der Waals surface area contributed by atoms with Gasteiger partial charge >= 0.3 is 0 Å². The van der Waals surface area contributed by atoms with Gasteiger partial charge in [-0.2, -0.15) is 0 Å². The summed E-state index contributed by atoms with van der Waals surface area (Å²) in [6.07, 6.45) is 2.38. The van der Waals surface area contributed by atoms with Crippen LogP contribution in [0, 0.1) is 12.8 Å². The quantitative estimate of drug-likeness (QED) is 0.817. The summed E-state index contributed by atoms with van der Waals surface area (Å²) in [6, 6.07) is 0.401. The van der Waals surface area contributed by atoms with Gasteiger partial charge in [-0.25, -0.2) is 4.98 Å². The molecule has 5 heteroatoms. The van der Waals surface area contributed by atoms with Crippen molar-refractivity contribution in [3.8, 4) is 0 Å². The highest BCUT2D eigenvalue weighted by molar-refractivity contribution is 7.11. The number of aryl methyl sites for hydroxylation is 1. The molecule has 4 nitrogen and oxygen atoms in total. The van der Waals surface area contributed by atoms with Crippen LogP contribution in [-0.4, -0.2) is 41.5 Å². The van der Waals surface area contributed by atoms with Crippen LogP contribution >= 0.6 is 11.3 Å². The van der Waals surface area contributed by atoms with Crippen molar-refractivity contribution in [2.45, 2.75) is 25.8 Å². The highest BCUT2D eigenvalue weighted by atomic mass is 32.1. The van der Waals surface area contributed by atoms with Crippen molar-refractivity contribution in [3.63, 3.8) is 0 Å². The van der Waals surface area contributed by atoms with E-state index in [1.165, 1.54) is 17.8 Å². The maximum atomic E-state index is 12.5. The number of carbonyl (C=O) groups is 1. The number of thiazole rings is 1. The van der Waals surface area contributed by atoms with E-state index in [1.807, 2.05) is 6.92 Å². The molecule has 0 spiro atoms. The standard InChI is InChI=1S/C12H17N3OS/c1-8-11(17-7-14-8)12(16)15-4-2-3-9-5-13-6-10(9)15/h7,9-10,13H,2-6H2,1H3. The van der Waals surface area contributed by atoms with Crippen LogP contribution in [0.2, 0.25) is 0 Å². The first kappa shape index (κ1) is 11.2. The zero-order valence-electron chi connectivity index (χ0n) is 9.98. The molecule has 0 saturated carbocycles. The largest absolute Gasteiger partial charge is 0.333 e. The van der Waals surface area contributed by atoms with Gasteiger partial charge in [-0.05, 0) is 25.7 Å². The Bertz CT molecular complexity index is 431. The van der Waals surface area contributed by atoms with Gasteiger partial charge in [-0.1, -0.05) is 0 Å². The van der Waals surface area contributed by atoms with Crippen LogP contribution in [0.1, 0.15) is 28.2 Å². The van der Waals surface area contributed by atoms with E-state index in [-0.39, 0.29) is 5.91 Å². The first-order valence-electron chi connectivity index (χ1n) is 6.19. The van der Waals surface area contributed by atoms with Crippen LogP contribution < -0.4 is 5.32 Å². The first-order chi connectivity index (χ1) is 8.27. The molecule has 2 aliphatic heterocycles. The van der Waals surface area contributed by atoms with Crippen LogP contribution in [0.3, 0.4) is 0 Å². The highest BCUT2D eigenvalue weighted by Crippen LogP contribution is 2.28. The van der Waals surface area contributed by atoms with E-state index in [1.54, 1.807) is 5.51 Å². The fraction of sp³-hybridized carbons (Fsp3) is 0.667. The van der Waals surface area contributed by atoms with Gasteiger partial charge in [0.15, 0.2) is 0 Å². The number of nitrogens with zero attached hydrogens (tertiary/aromatic N) is 2. The second-order valence-electron chi connectivity index (χ2n) is 4.89. The monoisotopic (exact) mass is 251 g/mol. The first-order valence-corrected chi connectivity index (χ1v) is 7.07. The molecule has 0 aromatic carbocycles. The summed E-state index contributed by atoms with van der Waals surface area (Å²) in [4.78, 5) is 19.5. The zero-order valence-corrected chi connectivity index (χ0v) is 10.8. The minimum absolute atomic E-state index is 0.184. The Hall–Kier alpha value is -0.940. The number of piperidine rings is 1. The predicted molar refractivity (Wildman–Crippen MR) is 67.3 cm³/mol. The maximum Gasteiger partial charge on any atom is 0.266 e. The van der Waals surface area contributed by atoms with Crippen LogP contribution in [0.4, 0.5) is 0 Å². The second-order valence-corrected chi connectivity index (χ2v) is 5.75. The summed E-state index contributed by atoms with van der Waals surface area (Å²) < 4.78 is 0. The molecular weight excluding hydrogens is 234 g/mol. The number of hydrogen-bond acceptors (Lipinski definition) is 4. The third-order valence-electron chi connectivity index (χ3n) is 3.88.